The Bertz CT molecular complexity index is 1140. The van der Waals surface area contributed by atoms with E-state index in [0.717, 1.165) is 6.42 Å². The largest absolute Gasteiger partial charge is 0.394 e. The first kappa shape index (κ1) is 28.3. The molecule has 5 N–H and O–H groups in total. The summed E-state index contributed by atoms with van der Waals surface area (Å²) in [6.45, 7) is 12.7. The first-order chi connectivity index (χ1) is 18.5. The number of imidazole rings is 1. The molecule has 0 spiro atoms. The molecule has 4 aliphatic rings. The second-order valence-electron chi connectivity index (χ2n) is 13.2. The lowest BCUT2D eigenvalue weighted by molar-refractivity contribution is -0.0519. The van der Waals surface area contributed by atoms with Crippen LogP contribution < -0.4 is 5.32 Å². The smallest absolute Gasteiger partial charge is 0.165 e. The quantitative estimate of drug-likeness (QED) is 0.330. The standard InChI is InChI=1S/C30H47N5O4/c1-18(10-13-30(5)19(2)8-9-20-21(30)7-6-12-29(20,3)4)11-14-34-16-33-27-23(26(34)31)32-17-35(27)28-25(38)24(37)22(15-36)39-28/h9,11,17,19,21-22,24-25,28,31,33,36-38H,6-8,10,12-16H2,1-5H3/b18-11+,31-26?/t19-,21+,22+,24+,25+,28+,30+/m0/s1. The second kappa shape index (κ2) is 10.7. The van der Waals surface area contributed by atoms with Crippen molar-refractivity contribution in [2.45, 2.75) is 97.7 Å². The van der Waals surface area contributed by atoms with Gasteiger partial charge in [0.05, 0.1) is 19.6 Å². The number of aliphatic hydroxyl groups excluding tert-OH is 3. The Labute approximate surface area is 232 Å². The minimum absolute atomic E-state index is 0.311. The van der Waals surface area contributed by atoms with Crippen molar-refractivity contribution in [2.75, 3.05) is 25.1 Å². The third kappa shape index (κ3) is 4.96. The number of ether oxygens (including phenoxy) is 1. The highest BCUT2D eigenvalue weighted by Gasteiger charge is 2.48. The predicted molar refractivity (Wildman–Crippen MR) is 151 cm³/mol. The van der Waals surface area contributed by atoms with Crippen LogP contribution in [0.4, 0.5) is 5.82 Å². The molecule has 1 saturated carbocycles. The summed E-state index contributed by atoms with van der Waals surface area (Å²) < 4.78 is 7.26. The number of hydrogen-bond donors (Lipinski definition) is 5. The summed E-state index contributed by atoms with van der Waals surface area (Å²) in [6.07, 6.45) is 9.56. The van der Waals surface area contributed by atoms with Gasteiger partial charge in [0, 0.05) is 6.54 Å². The van der Waals surface area contributed by atoms with E-state index < -0.39 is 24.5 Å². The summed E-state index contributed by atoms with van der Waals surface area (Å²) in [5, 5.41) is 42.0. The molecule has 2 aliphatic carbocycles. The molecule has 0 unspecified atom stereocenters. The molecule has 2 fully saturated rings. The molecule has 0 aromatic carbocycles. The van der Waals surface area contributed by atoms with Crippen LogP contribution in [0.2, 0.25) is 0 Å². The van der Waals surface area contributed by atoms with Crippen molar-refractivity contribution in [1.29, 1.82) is 5.41 Å². The molecule has 3 heterocycles. The Hall–Kier alpha value is -2.20. The normalized spacial score (nSPS) is 36.3. The van der Waals surface area contributed by atoms with E-state index in [1.807, 2.05) is 4.90 Å². The molecule has 7 atom stereocenters. The summed E-state index contributed by atoms with van der Waals surface area (Å²) in [6, 6.07) is 0. The van der Waals surface area contributed by atoms with E-state index in [1.54, 1.807) is 10.1 Å². The topological polar surface area (TPSA) is 127 Å². The van der Waals surface area contributed by atoms with Crippen molar-refractivity contribution >= 4 is 11.7 Å². The van der Waals surface area contributed by atoms with Crippen molar-refractivity contribution < 1.29 is 20.1 Å². The zero-order chi connectivity index (χ0) is 28.1. The fourth-order valence-corrected chi connectivity index (χ4v) is 7.36. The zero-order valence-electron chi connectivity index (χ0n) is 24.2. The first-order valence-electron chi connectivity index (χ1n) is 14.6. The van der Waals surface area contributed by atoms with Crippen molar-refractivity contribution in [3.05, 3.63) is 35.3 Å². The third-order valence-corrected chi connectivity index (χ3v) is 10.3. The summed E-state index contributed by atoms with van der Waals surface area (Å²) in [5.41, 5.74) is 4.17. The number of hydrogen-bond acceptors (Lipinski definition) is 7. The predicted octanol–water partition coefficient (Wildman–Crippen LogP) is 4.03. The van der Waals surface area contributed by atoms with E-state index in [2.05, 4.69) is 57.1 Å². The highest BCUT2D eigenvalue weighted by atomic mass is 16.6. The summed E-state index contributed by atoms with van der Waals surface area (Å²) in [7, 11) is 0. The third-order valence-electron chi connectivity index (χ3n) is 10.3. The lowest BCUT2D eigenvalue weighted by atomic mass is 9.52. The number of fused-ring (bicyclic) bond motifs is 2. The Morgan fingerprint density at radius 3 is 2.77 bits per heavy atom. The zero-order valence-corrected chi connectivity index (χ0v) is 24.2. The Kier molecular flexibility index (Phi) is 7.74. The molecule has 9 heteroatoms. The van der Waals surface area contributed by atoms with Gasteiger partial charge in [0.2, 0.25) is 0 Å². The number of nitrogens with zero attached hydrogens (tertiary/aromatic N) is 3. The monoisotopic (exact) mass is 541 g/mol. The lowest BCUT2D eigenvalue weighted by Gasteiger charge is -2.53. The van der Waals surface area contributed by atoms with E-state index in [9.17, 15) is 15.3 Å². The number of allylic oxidation sites excluding steroid dienone is 3. The second-order valence-corrected chi connectivity index (χ2v) is 13.2. The molecule has 9 nitrogen and oxygen atoms in total. The molecule has 1 saturated heterocycles. The van der Waals surface area contributed by atoms with Crippen LogP contribution >= 0.6 is 0 Å². The van der Waals surface area contributed by atoms with E-state index >= 15 is 0 Å². The minimum Gasteiger partial charge on any atom is -0.394 e. The van der Waals surface area contributed by atoms with Gasteiger partial charge in [-0.2, -0.15) is 0 Å². The number of nitrogens with one attached hydrogen (secondary N) is 2. The summed E-state index contributed by atoms with van der Waals surface area (Å²) >= 11 is 0. The minimum atomic E-state index is -1.19. The molecule has 39 heavy (non-hydrogen) atoms. The molecule has 1 aromatic heterocycles. The van der Waals surface area contributed by atoms with Gasteiger partial charge >= 0.3 is 0 Å². The lowest BCUT2D eigenvalue weighted by Crippen LogP contribution is -2.43. The Balaban J connectivity index is 1.22. The van der Waals surface area contributed by atoms with Crippen molar-refractivity contribution in [3.63, 3.8) is 0 Å². The van der Waals surface area contributed by atoms with Crippen LogP contribution in [0, 0.1) is 28.1 Å². The van der Waals surface area contributed by atoms with Gasteiger partial charge in [-0.15, -0.1) is 0 Å². The van der Waals surface area contributed by atoms with Crippen LogP contribution in [-0.4, -0.2) is 73.7 Å². The van der Waals surface area contributed by atoms with Gasteiger partial charge in [0.25, 0.3) is 0 Å². The number of aliphatic hydroxyl groups is 3. The molecule has 5 rings (SSSR count). The first-order valence-corrected chi connectivity index (χ1v) is 14.6. The SMILES string of the molecule is C/C(=C\CN1CNc2c(ncn2[C@@H]2O[C@H](CO)[C@@H](O)[C@H]2O)C1=N)CC[C@@]1(C)[C@@H]2CCCC(C)(C)C2=CC[C@@H]1C. The van der Waals surface area contributed by atoms with Crippen molar-refractivity contribution in [1.82, 2.24) is 14.5 Å². The summed E-state index contributed by atoms with van der Waals surface area (Å²) in [4.78, 5) is 6.35. The van der Waals surface area contributed by atoms with Gasteiger partial charge < -0.3 is 30.3 Å². The maximum atomic E-state index is 10.4. The van der Waals surface area contributed by atoms with Crippen molar-refractivity contribution in [2.24, 2.45) is 22.7 Å². The number of rotatable bonds is 7. The fourth-order valence-electron chi connectivity index (χ4n) is 7.36. The van der Waals surface area contributed by atoms with Crippen LogP contribution in [0.1, 0.15) is 85.1 Å². The van der Waals surface area contributed by atoms with Crippen molar-refractivity contribution in [3.8, 4) is 0 Å². The van der Waals surface area contributed by atoms with E-state index in [-0.39, 0.29) is 6.61 Å². The van der Waals surface area contributed by atoms with E-state index in [4.69, 9.17) is 10.1 Å². The van der Waals surface area contributed by atoms with Gasteiger partial charge in [-0.3, -0.25) is 9.98 Å². The van der Waals surface area contributed by atoms with Gasteiger partial charge in [-0.25, -0.2) is 4.98 Å². The van der Waals surface area contributed by atoms with Crippen LogP contribution in [0.15, 0.2) is 29.6 Å². The highest BCUT2D eigenvalue weighted by molar-refractivity contribution is 6.00. The Morgan fingerprint density at radius 2 is 2.05 bits per heavy atom. The van der Waals surface area contributed by atoms with Gasteiger partial charge in [-0.1, -0.05) is 57.4 Å². The average Bonchev–Trinajstić information content (AvgIpc) is 3.45. The maximum Gasteiger partial charge on any atom is 0.165 e. The number of anilines is 1. The van der Waals surface area contributed by atoms with E-state index in [0.29, 0.717) is 53.2 Å². The van der Waals surface area contributed by atoms with Crippen LogP contribution in [0.5, 0.6) is 0 Å². The van der Waals surface area contributed by atoms with Crippen LogP contribution in [0.25, 0.3) is 0 Å². The molecular weight excluding hydrogens is 494 g/mol. The number of amidine groups is 1. The molecule has 1 aromatic rings. The number of aromatic nitrogens is 2. The molecule has 0 radical (unpaired) electrons. The Morgan fingerprint density at radius 1 is 1.28 bits per heavy atom. The fraction of sp³-hybridized carbons (Fsp3) is 0.733. The van der Waals surface area contributed by atoms with Crippen LogP contribution in [-0.2, 0) is 4.74 Å². The average molecular weight is 542 g/mol. The maximum absolute atomic E-state index is 10.4. The van der Waals surface area contributed by atoms with Gasteiger partial charge in [-0.05, 0) is 61.7 Å². The highest BCUT2D eigenvalue weighted by Crippen LogP contribution is 2.58. The van der Waals surface area contributed by atoms with Gasteiger partial charge in [0.15, 0.2) is 12.1 Å². The van der Waals surface area contributed by atoms with E-state index in [1.165, 1.54) is 44.0 Å². The molecular formula is C30H47N5O4. The molecule has 0 amide bonds. The van der Waals surface area contributed by atoms with Gasteiger partial charge in [0.1, 0.15) is 29.8 Å². The summed E-state index contributed by atoms with van der Waals surface area (Å²) in [5.74, 6) is 2.25. The molecule has 0 bridgehead atoms. The van der Waals surface area contributed by atoms with Crippen LogP contribution in [0.3, 0.4) is 0 Å². The molecule has 216 valence electrons. The molecule has 2 aliphatic heterocycles.